The molecule has 1 aromatic carbocycles. The van der Waals surface area contributed by atoms with Crippen molar-refractivity contribution in [3.05, 3.63) is 29.1 Å². The third-order valence-corrected chi connectivity index (χ3v) is 2.57. The molecule has 0 amide bonds. The number of rotatable bonds is 3. The van der Waals surface area contributed by atoms with Gasteiger partial charge in [-0.05, 0) is 26.0 Å². The summed E-state index contributed by atoms with van der Waals surface area (Å²) in [6, 6.07) is 3.02. The van der Waals surface area contributed by atoms with Crippen molar-refractivity contribution in [3.63, 3.8) is 0 Å². The summed E-state index contributed by atoms with van der Waals surface area (Å²) in [5, 5.41) is 0. The van der Waals surface area contributed by atoms with Crippen molar-refractivity contribution in [3.8, 4) is 5.75 Å². The Morgan fingerprint density at radius 3 is 2.69 bits per heavy atom. The highest BCUT2D eigenvalue weighted by molar-refractivity contribution is 5.41. The summed E-state index contributed by atoms with van der Waals surface area (Å²) in [6.07, 6.45) is -0.597. The molecular formula is C12H15FO3. The fourth-order valence-electron chi connectivity index (χ4n) is 1.80. The third-order valence-electron chi connectivity index (χ3n) is 2.57. The van der Waals surface area contributed by atoms with Crippen molar-refractivity contribution in [2.45, 2.75) is 20.1 Å². The van der Waals surface area contributed by atoms with E-state index in [9.17, 15) is 4.39 Å². The van der Waals surface area contributed by atoms with Gasteiger partial charge in [-0.3, -0.25) is 0 Å². The van der Waals surface area contributed by atoms with E-state index in [1.165, 1.54) is 6.07 Å². The molecule has 88 valence electrons. The summed E-state index contributed by atoms with van der Waals surface area (Å²) in [7, 11) is 0. The molecule has 2 rings (SSSR count). The Kier molecular flexibility index (Phi) is 3.41. The monoisotopic (exact) mass is 226 g/mol. The van der Waals surface area contributed by atoms with Crippen LogP contribution in [0.5, 0.6) is 5.75 Å². The Labute approximate surface area is 94.1 Å². The number of ether oxygens (including phenoxy) is 3. The van der Waals surface area contributed by atoms with Gasteiger partial charge in [0.15, 0.2) is 6.29 Å². The fraction of sp³-hybridized carbons (Fsp3) is 0.500. The van der Waals surface area contributed by atoms with E-state index in [0.717, 1.165) is 5.56 Å². The van der Waals surface area contributed by atoms with E-state index < -0.39 is 6.29 Å². The highest BCUT2D eigenvalue weighted by Crippen LogP contribution is 2.33. The average molecular weight is 226 g/mol. The number of benzene rings is 1. The van der Waals surface area contributed by atoms with Crippen molar-refractivity contribution < 1.29 is 18.6 Å². The van der Waals surface area contributed by atoms with Gasteiger partial charge in [-0.15, -0.1) is 0 Å². The van der Waals surface area contributed by atoms with Gasteiger partial charge in [0.25, 0.3) is 0 Å². The molecular weight excluding hydrogens is 211 g/mol. The summed E-state index contributed by atoms with van der Waals surface area (Å²) in [4.78, 5) is 0. The zero-order valence-electron chi connectivity index (χ0n) is 9.46. The van der Waals surface area contributed by atoms with E-state index in [1.54, 1.807) is 6.07 Å². The Morgan fingerprint density at radius 1 is 1.38 bits per heavy atom. The summed E-state index contributed by atoms with van der Waals surface area (Å²) in [5.74, 6) is 0.367. The molecule has 0 spiro atoms. The quantitative estimate of drug-likeness (QED) is 0.792. The minimum absolute atomic E-state index is 0.312. The maximum absolute atomic E-state index is 13.7. The molecule has 0 unspecified atom stereocenters. The summed E-state index contributed by atoms with van der Waals surface area (Å²) >= 11 is 0. The van der Waals surface area contributed by atoms with E-state index in [2.05, 4.69) is 0 Å². The van der Waals surface area contributed by atoms with Crippen LogP contribution in [-0.4, -0.2) is 19.8 Å². The number of hydrogen-bond acceptors (Lipinski definition) is 3. The van der Waals surface area contributed by atoms with E-state index in [4.69, 9.17) is 14.2 Å². The minimum atomic E-state index is -0.597. The molecule has 1 saturated heterocycles. The van der Waals surface area contributed by atoms with Crippen LogP contribution < -0.4 is 4.74 Å². The van der Waals surface area contributed by atoms with Crippen molar-refractivity contribution in [2.75, 3.05) is 19.8 Å². The summed E-state index contributed by atoms with van der Waals surface area (Å²) < 4.78 is 29.8. The van der Waals surface area contributed by atoms with Crippen LogP contribution >= 0.6 is 0 Å². The summed E-state index contributed by atoms with van der Waals surface area (Å²) in [6.45, 7) is 5.27. The smallest absolute Gasteiger partial charge is 0.187 e. The molecule has 0 radical (unpaired) electrons. The van der Waals surface area contributed by atoms with Gasteiger partial charge in [0.05, 0.1) is 25.4 Å². The van der Waals surface area contributed by atoms with Crippen molar-refractivity contribution in [1.82, 2.24) is 0 Å². The highest BCUT2D eigenvalue weighted by Gasteiger charge is 2.25. The normalized spacial score (nSPS) is 16.7. The maximum Gasteiger partial charge on any atom is 0.187 e. The molecule has 1 fully saturated rings. The van der Waals surface area contributed by atoms with Gasteiger partial charge < -0.3 is 14.2 Å². The van der Waals surface area contributed by atoms with Crippen molar-refractivity contribution in [2.24, 2.45) is 0 Å². The molecule has 1 aliphatic heterocycles. The summed E-state index contributed by atoms with van der Waals surface area (Å²) in [5.41, 5.74) is 1.19. The Hall–Kier alpha value is -1.13. The lowest BCUT2D eigenvalue weighted by Crippen LogP contribution is -2.06. The molecule has 0 N–H and O–H groups in total. The van der Waals surface area contributed by atoms with Gasteiger partial charge in [-0.25, -0.2) is 4.39 Å². The van der Waals surface area contributed by atoms with Crippen LogP contribution in [0, 0.1) is 12.7 Å². The lowest BCUT2D eigenvalue weighted by molar-refractivity contribution is -0.0470. The third kappa shape index (κ3) is 2.03. The predicted molar refractivity (Wildman–Crippen MR) is 57.0 cm³/mol. The molecule has 0 aliphatic carbocycles. The van der Waals surface area contributed by atoms with Gasteiger partial charge in [0.1, 0.15) is 11.6 Å². The largest absolute Gasteiger partial charge is 0.494 e. The zero-order chi connectivity index (χ0) is 11.5. The van der Waals surface area contributed by atoms with Crippen molar-refractivity contribution >= 4 is 0 Å². The lowest BCUT2D eigenvalue weighted by atomic mass is 10.1. The topological polar surface area (TPSA) is 27.7 Å². The standard InChI is InChI=1S/C12H15FO3/c1-3-14-10-5-4-9(13)11(8(10)2)12-15-6-7-16-12/h4-5,12H,3,6-7H2,1-2H3. The van der Waals surface area contributed by atoms with Crippen LogP contribution in [0.25, 0.3) is 0 Å². The molecule has 1 aliphatic rings. The molecule has 3 nitrogen and oxygen atoms in total. The fourth-order valence-corrected chi connectivity index (χ4v) is 1.80. The van der Waals surface area contributed by atoms with Crippen LogP contribution in [0.3, 0.4) is 0 Å². The number of hydrogen-bond donors (Lipinski definition) is 0. The Balaban J connectivity index is 2.37. The molecule has 1 aromatic rings. The molecule has 0 saturated carbocycles. The van der Waals surface area contributed by atoms with Gasteiger partial charge in [-0.1, -0.05) is 0 Å². The molecule has 0 atom stereocenters. The predicted octanol–water partition coefficient (Wildman–Crippen LogP) is 2.58. The van der Waals surface area contributed by atoms with Crippen LogP contribution in [0.4, 0.5) is 4.39 Å². The molecule has 16 heavy (non-hydrogen) atoms. The Morgan fingerprint density at radius 2 is 2.06 bits per heavy atom. The molecule has 4 heteroatoms. The molecule has 0 aromatic heterocycles. The number of halogens is 1. The zero-order valence-corrected chi connectivity index (χ0v) is 9.46. The van der Waals surface area contributed by atoms with E-state index in [0.29, 0.717) is 31.1 Å². The lowest BCUT2D eigenvalue weighted by Gasteiger charge is -2.16. The minimum Gasteiger partial charge on any atom is -0.494 e. The first kappa shape index (κ1) is 11.4. The molecule has 1 heterocycles. The van der Waals surface area contributed by atoms with Gasteiger partial charge >= 0.3 is 0 Å². The second kappa shape index (κ2) is 4.80. The van der Waals surface area contributed by atoms with Crippen LogP contribution in [0.15, 0.2) is 12.1 Å². The Bertz CT molecular complexity index is 373. The van der Waals surface area contributed by atoms with Gasteiger partial charge in [-0.2, -0.15) is 0 Å². The van der Waals surface area contributed by atoms with Crippen LogP contribution in [0.1, 0.15) is 24.3 Å². The second-order valence-corrected chi connectivity index (χ2v) is 3.59. The SMILES string of the molecule is CCOc1ccc(F)c(C2OCCO2)c1C. The first-order valence-corrected chi connectivity index (χ1v) is 5.39. The van der Waals surface area contributed by atoms with Gasteiger partial charge in [0, 0.05) is 5.56 Å². The highest BCUT2D eigenvalue weighted by atomic mass is 19.1. The van der Waals surface area contributed by atoms with Crippen molar-refractivity contribution in [1.29, 1.82) is 0 Å². The second-order valence-electron chi connectivity index (χ2n) is 3.59. The molecule has 0 bridgehead atoms. The average Bonchev–Trinajstić information content (AvgIpc) is 2.76. The van der Waals surface area contributed by atoms with E-state index in [-0.39, 0.29) is 5.82 Å². The maximum atomic E-state index is 13.7. The van der Waals surface area contributed by atoms with E-state index in [1.807, 2.05) is 13.8 Å². The van der Waals surface area contributed by atoms with Crippen LogP contribution in [-0.2, 0) is 9.47 Å². The van der Waals surface area contributed by atoms with E-state index >= 15 is 0 Å². The van der Waals surface area contributed by atoms with Gasteiger partial charge in [0.2, 0.25) is 0 Å². The first-order valence-electron chi connectivity index (χ1n) is 5.39. The van der Waals surface area contributed by atoms with Crippen LogP contribution in [0.2, 0.25) is 0 Å². The first-order chi connectivity index (χ1) is 7.74.